The number of likely N-dealkylation sites (tertiary alicyclic amines) is 1. The zero-order valence-corrected chi connectivity index (χ0v) is 16.4. The predicted octanol–water partition coefficient (Wildman–Crippen LogP) is 3.18. The van der Waals surface area contributed by atoms with Crippen LogP contribution >= 0.6 is 11.6 Å². The molecule has 0 aromatic carbocycles. The van der Waals surface area contributed by atoms with Gasteiger partial charge in [0.15, 0.2) is 5.15 Å². The number of rotatable bonds is 5. The SMILES string of the molecule is O=C(CN1CCCC[C@@H]1c1nnc(C2CCOCC2)o1)Nc1cccnc1Cl. The fraction of sp³-hybridized carbons (Fsp3) is 0.579. The van der Waals surface area contributed by atoms with Gasteiger partial charge in [-0.25, -0.2) is 4.98 Å². The number of piperidine rings is 1. The monoisotopic (exact) mass is 405 g/mol. The molecule has 150 valence electrons. The van der Waals surface area contributed by atoms with Crippen molar-refractivity contribution in [3.05, 3.63) is 35.3 Å². The Morgan fingerprint density at radius 1 is 1.21 bits per heavy atom. The summed E-state index contributed by atoms with van der Waals surface area (Å²) >= 11 is 6.03. The van der Waals surface area contributed by atoms with Crippen LogP contribution in [0.1, 0.15) is 55.8 Å². The lowest BCUT2D eigenvalue weighted by molar-refractivity contribution is -0.118. The van der Waals surface area contributed by atoms with Crippen molar-refractivity contribution < 1.29 is 13.9 Å². The number of hydrogen-bond donors (Lipinski definition) is 1. The molecule has 0 saturated carbocycles. The summed E-state index contributed by atoms with van der Waals surface area (Å²) in [6, 6.07) is 3.44. The summed E-state index contributed by atoms with van der Waals surface area (Å²) in [6.07, 6.45) is 6.42. The Morgan fingerprint density at radius 3 is 2.86 bits per heavy atom. The molecule has 28 heavy (non-hydrogen) atoms. The fourth-order valence-electron chi connectivity index (χ4n) is 3.80. The highest BCUT2D eigenvalue weighted by atomic mass is 35.5. The Balaban J connectivity index is 1.42. The number of halogens is 1. The largest absolute Gasteiger partial charge is 0.423 e. The zero-order chi connectivity index (χ0) is 19.3. The van der Waals surface area contributed by atoms with Gasteiger partial charge in [-0.1, -0.05) is 18.0 Å². The standard InChI is InChI=1S/C19H24ClN5O3/c20-17-14(4-3-8-21-17)22-16(26)12-25-9-2-1-5-15(25)19-24-23-18(28-19)13-6-10-27-11-7-13/h3-4,8,13,15H,1-2,5-7,9-12H2,(H,22,26)/t15-/m1/s1. The van der Waals surface area contributed by atoms with Gasteiger partial charge in [0.05, 0.1) is 18.3 Å². The first-order valence-corrected chi connectivity index (χ1v) is 10.1. The van der Waals surface area contributed by atoms with Crippen molar-refractivity contribution in [2.45, 2.75) is 44.1 Å². The maximum Gasteiger partial charge on any atom is 0.238 e. The molecule has 1 amide bonds. The van der Waals surface area contributed by atoms with Gasteiger partial charge in [-0.2, -0.15) is 0 Å². The number of aromatic nitrogens is 3. The van der Waals surface area contributed by atoms with Crippen molar-refractivity contribution in [3.63, 3.8) is 0 Å². The first kappa shape index (κ1) is 19.3. The van der Waals surface area contributed by atoms with E-state index in [2.05, 4.69) is 25.4 Å². The van der Waals surface area contributed by atoms with Crippen LogP contribution in [0.15, 0.2) is 22.7 Å². The molecule has 0 bridgehead atoms. The Bertz CT molecular complexity index is 808. The summed E-state index contributed by atoms with van der Waals surface area (Å²) in [5.74, 6) is 1.43. The van der Waals surface area contributed by atoms with Crippen molar-refractivity contribution in [2.75, 3.05) is 31.6 Å². The lowest BCUT2D eigenvalue weighted by Gasteiger charge is -2.32. The molecule has 2 aromatic heterocycles. The average molecular weight is 406 g/mol. The summed E-state index contributed by atoms with van der Waals surface area (Å²) in [4.78, 5) is 18.6. The van der Waals surface area contributed by atoms with Gasteiger partial charge in [0.2, 0.25) is 17.7 Å². The Kier molecular flexibility index (Phi) is 6.19. The molecule has 4 heterocycles. The Labute approximate surface area is 168 Å². The van der Waals surface area contributed by atoms with Crippen LogP contribution < -0.4 is 5.32 Å². The lowest BCUT2D eigenvalue weighted by atomic mass is 10.0. The molecule has 0 radical (unpaired) electrons. The van der Waals surface area contributed by atoms with E-state index in [-0.39, 0.29) is 29.6 Å². The minimum absolute atomic E-state index is 0.0371. The fourth-order valence-corrected chi connectivity index (χ4v) is 3.97. The van der Waals surface area contributed by atoms with Gasteiger partial charge in [0, 0.05) is 25.3 Å². The zero-order valence-electron chi connectivity index (χ0n) is 15.6. The number of amides is 1. The predicted molar refractivity (Wildman–Crippen MR) is 103 cm³/mol. The molecule has 2 fully saturated rings. The number of carbonyl (C=O) groups excluding carboxylic acids is 1. The molecule has 2 saturated heterocycles. The number of pyridine rings is 1. The number of nitrogens with zero attached hydrogens (tertiary/aromatic N) is 4. The lowest BCUT2D eigenvalue weighted by Crippen LogP contribution is -2.39. The average Bonchev–Trinajstić information content (AvgIpc) is 3.21. The molecular formula is C19H24ClN5O3. The molecule has 1 atom stereocenters. The third-order valence-corrected chi connectivity index (χ3v) is 5.61. The van der Waals surface area contributed by atoms with Gasteiger partial charge in [-0.15, -0.1) is 10.2 Å². The van der Waals surface area contributed by atoms with Gasteiger partial charge in [0.1, 0.15) is 0 Å². The summed E-state index contributed by atoms with van der Waals surface area (Å²) in [7, 11) is 0. The van der Waals surface area contributed by atoms with Crippen LogP contribution in [-0.4, -0.2) is 52.3 Å². The van der Waals surface area contributed by atoms with E-state index in [9.17, 15) is 4.79 Å². The van der Waals surface area contributed by atoms with E-state index in [1.54, 1.807) is 18.3 Å². The smallest absolute Gasteiger partial charge is 0.238 e. The number of nitrogens with one attached hydrogen (secondary N) is 1. The maximum absolute atomic E-state index is 12.5. The highest BCUT2D eigenvalue weighted by Gasteiger charge is 2.31. The van der Waals surface area contributed by atoms with Crippen molar-refractivity contribution >= 4 is 23.2 Å². The molecule has 0 aliphatic carbocycles. The van der Waals surface area contributed by atoms with E-state index in [1.165, 1.54) is 0 Å². The van der Waals surface area contributed by atoms with Crippen molar-refractivity contribution in [2.24, 2.45) is 0 Å². The second-order valence-electron chi connectivity index (χ2n) is 7.24. The van der Waals surface area contributed by atoms with Crippen LogP contribution in [0.3, 0.4) is 0 Å². The molecule has 4 rings (SSSR count). The van der Waals surface area contributed by atoms with Gasteiger partial charge in [0.25, 0.3) is 0 Å². The van der Waals surface area contributed by atoms with Gasteiger partial charge < -0.3 is 14.5 Å². The van der Waals surface area contributed by atoms with Crippen LogP contribution in [0.5, 0.6) is 0 Å². The number of carbonyl (C=O) groups is 1. The topological polar surface area (TPSA) is 93.4 Å². The summed E-state index contributed by atoms with van der Waals surface area (Å²) in [6.45, 7) is 2.52. The molecule has 9 heteroatoms. The molecule has 2 aromatic rings. The molecular weight excluding hydrogens is 382 g/mol. The Morgan fingerprint density at radius 2 is 2.04 bits per heavy atom. The van der Waals surface area contributed by atoms with Crippen LogP contribution in [0.2, 0.25) is 5.15 Å². The quantitative estimate of drug-likeness (QED) is 0.763. The summed E-state index contributed by atoms with van der Waals surface area (Å²) in [5, 5.41) is 11.7. The maximum atomic E-state index is 12.5. The van der Waals surface area contributed by atoms with Gasteiger partial charge in [-0.05, 0) is 44.4 Å². The van der Waals surface area contributed by atoms with E-state index >= 15 is 0 Å². The number of hydrogen-bond acceptors (Lipinski definition) is 7. The number of ether oxygens (including phenoxy) is 1. The van der Waals surface area contributed by atoms with E-state index in [1.807, 2.05) is 0 Å². The normalized spacial score (nSPS) is 21.5. The van der Waals surface area contributed by atoms with E-state index in [0.29, 0.717) is 17.5 Å². The van der Waals surface area contributed by atoms with E-state index < -0.39 is 0 Å². The third kappa shape index (κ3) is 4.51. The van der Waals surface area contributed by atoms with Crippen LogP contribution in [0.25, 0.3) is 0 Å². The second kappa shape index (κ2) is 8.98. The van der Waals surface area contributed by atoms with Gasteiger partial charge in [-0.3, -0.25) is 9.69 Å². The highest BCUT2D eigenvalue weighted by molar-refractivity contribution is 6.32. The van der Waals surface area contributed by atoms with Crippen molar-refractivity contribution in [3.8, 4) is 0 Å². The first-order chi connectivity index (χ1) is 13.7. The molecule has 1 N–H and O–H groups in total. The second-order valence-corrected chi connectivity index (χ2v) is 7.60. The van der Waals surface area contributed by atoms with E-state index in [4.69, 9.17) is 20.8 Å². The van der Waals surface area contributed by atoms with Crippen LogP contribution in [0, 0.1) is 0 Å². The minimum atomic E-state index is -0.133. The van der Waals surface area contributed by atoms with Gasteiger partial charge >= 0.3 is 0 Å². The summed E-state index contributed by atoms with van der Waals surface area (Å²) in [5.41, 5.74) is 0.516. The molecule has 0 unspecified atom stereocenters. The molecule has 2 aliphatic heterocycles. The summed E-state index contributed by atoms with van der Waals surface area (Å²) < 4.78 is 11.4. The highest BCUT2D eigenvalue weighted by Crippen LogP contribution is 2.33. The molecule has 2 aliphatic rings. The van der Waals surface area contributed by atoms with Crippen LogP contribution in [-0.2, 0) is 9.53 Å². The van der Waals surface area contributed by atoms with Crippen molar-refractivity contribution in [1.29, 1.82) is 0 Å². The third-order valence-electron chi connectivity index (χ3n) is 5.31. The Hall–Kier alpha value is -2.03. The molecule has 0 spiro atoms. The van der Waals surface area contributed by atoms with Crippen molar-refractivity contribution in [1.82, 2.24) is 20.1 Å². The van der Waals surface area contributed by atoms with E-state index in [0.717, 1.165) is 51.9 Å². The van der Waals surface area contributed by atoms with Crippen LogP contribution in [0.4, 0.5) is 5.69 Å². The minimum Gasteiger partial charge on any atom is -0.423 e. The molecule has 8 nitrogen and oxygen atoms in total. The number of anilines is 1. The first-order valence-electron chi connectivity index (χ1n) is 9.76.